The number of nitrogens with one attached hydrogen (secondary N) is 2. The maximum Gasteiger partial charge on any atom is 0.251 e. The van der Waals surface area contributed by atoms with Crippen molar-refractivity contribution in [3.05, 3.63) is 34.9 Å². The molecule has 0 unspecified atom stereocenters. The Hall–Kier alpha value is -1.88. The molecule has 2 aliphatic rings. The first-order valence-electron chi connectivity index (χ1n) is 10.2. The van der Waals surface area contributed by atoms with E-state index in [1.54, 1.807) is 0 Å². The third-order valence-electron chi connectivity index (χ3n) is 6.00. The van der Waals surface area contributed by atoms with Gasteiger partial charge in [0.05, 0.1) is 0 Å². The molecule has 148 valence electrons. The summed E-state index contributed by atoms with van der Waals surface area (Å²) in [5.41, 5.74) is 2.92. The lowest BCUT2D eigenvalue weighted by molar-refractivity contribution is -0.125. The molecule has 2 N–H and O–H groups in total. The molecule has 2 fully saturated rings. The van der Waals surface area contributed by atoms with Crippen molar-refractivity contribution in [2.75, 3.05) is 32.7 Å². The molecule has 1 aromatic rings. The summed E-state index contributed by atoms with van der Waals surface area (Å²) in [6.07, 6.45) is 4.24. The van der Waals surface area contributed by atoms with Crippen LogP contribution in [-0.2, 0) is 4.79 Å². The molecule has 0 radical (unpaired) electrons. The van der Waals surface area contributed by atoms with Gasteiger partial charge in [0.2, 0.25) is 5.91 Å². The van der Waals surface area contributed by atoms with E-state index in [0.717, 1.165) is 75.1 Å². The molecule has 1 aliphatic carbocycles. The van der Waals surface area contributed by atoms with Gasteiger partial charge in [0.25, 0.3) is 5.91 Å². The van der Waals surface area contributed by atoms with Gasteiger partial charge in [-0.05, 0) is 70.7 Å². The summed E-state index contributed by atoms with van der Waals surface area (Å²) in [6.45, 7) is 10.6. The van der Waals surface area contributed by atoms with Crippen molar-refractivity contribution < 1.29 is 9.59 Å². The molecule has 2 amide bonds. The Morgan fingerprint density at radius 1 is 1.07 bits per heavy atom. The Morgan fingerprint density at radius 3 is 2.30 bits per heavy atom. The third kappa shape index (κ3) is 5.55. The van der Waals surface area contributed by atoms with Gasteiger partial charge in [0, 0.05) is 30.6 Å². The van der Waals surface area contributed by atoms with E-state index in [9.17, 15) is 9.59 Å². The van der Waals surface area contributed by atoms with Crippen LogP contribution in [-0.4, -0.2) is 49.4 Å². The summed E-state index contributed by atoms with van der Waals surface area (Å²) in [6, 6.07) is 5.97. The highest BCUT2D eigenvalue weighted by molar-refractivity contribution is 5.94. The van der Waals surface area contributed by atoms with Gasteiger partial charge in [-0.25, -0.2) is 0 Å². The highest BCUT2D eigenvalue weighted by atomic mass is 16.2. The van der Waals surface area contributed by atoms with Gasteiger partial charge in [0.1, 0.15) is 0 Å². The van der Waals surface area contributed by atoms with Crippen LogP contribution in [0.4, 0.5) is 0 Å². The largest absolute Gasteiger partial charge is 0.354 e. The lowest BCUT2D eigenvalue weighted by atomic mass is 9.96. The summed E-state index contributed by atoms with van der Waals surface area (Å²) in [5, 5.41) is 6.18. The van der Waals surface area contributed by atoms with Crippen LogP contribution in [0.3, 0.4) is 0 Å². The van der Waals surface area contributed by atoms with Crippen molar-refractivity contribution in [2.45, 2.75) is 46.5 Å². The van der Waals surface area contributed by atoms with Gasteiger partial charge < -0.3 is 15.5 Å². The fourth-order valence-corrected chi connectivity index (χ4v) is 3.81. The van der Waals surface area contributed by atoms with Crippen LogP contribution < -0.4 is 10.6 Å². The van der Waals surface area contributed by atoms with E-state index in [0.29, 0.717) is 5.92 Å². The number of piperidine rings is 1. The second-order valence-electron chi connectivity index (χ2n) is 8.69. The molecule has 0 bridgehead atoms. The number of nitrogens with zero attached hydrogens (tertiary/aromatic N) is 1. The Morgan fingerprint density at radius 2 is 1.70 bits per heavy atom. The summed E-state index contributed by atoms with van der Waals surface area (Å²) in [4.78, 5) is 26.8. The van der Waals surface area contributed by atoms with Gasteiger partial charge in [-0.1, -0.05) is 24.1 Å². The number of hydrogen-bond donors (Lipinski definition) is 2. The molecular formula is C22H33N3O2. The van der Waals surface area contributed by atoms with Gasteiger partial charge in [-0.15, -0.1) is 0 Å². The van der Waals surface area contributed by atoms with Crippen molar-refractivity contribution in [3.63, 3.8) is 0 Å². The minimum atomic E-state index is -0.0823. The van der Waals surface area contributed by atoms with E-state index in [-0.39, 0.29) is 17.2 Å². The number of amides is 2. The lowest BCUT2D eigenvalue weighted by Gasteiger charge is -2.32. The Bertz CT molecular complexity index is 669. The van der Waals surface area contributed by atoms with Crippen LogP contribution in [0, 0.1) is 25.2 Å². The zero-order valence-corrected chi connectivity index (χ0v) is 16.9. The van der Waals surface area contributed by atoms with Gasteiger partial charge in [-0.3, -0.25) is 9.59 Å². The van der Waals surface area contributed by atoms with Gasteiger partial charge in [0.15, 0.2) is 0 Å². The zero-order valence-electron chi connectivity index (χ0n) is 16.9. The molecule has 1 saturated heterocycles. The van der Waals surface area contributed by atoms with E-state index in [4.69, 9.17) is 0 Å². The lowest BCUT2D eigenvalue weighted by Crippen LogP contribution is -2.42. The number of likely N-dealkylation sites (tertiary alicyclic amines) is 1. The molecule has 3 rings (SSSR count). The fourth-order valence-electron chi connectivity index (χ4n) is 3.81. The highest BCUT2D eigenvalue weighted by Crippen LogP contribution is 2.44. The summed E-state index contributed by atoms with van der Waals surface area (Å²) in [7, 11) is 0. The van der Waals surface area contributed by atoms with Crippen LogP contribution in [0.1, 0.15) is 54.1 Å². The number of carbonyl (C=O) groups is 2. The Labute approximate surface area is 162 Å². The quantitative estimate of drug-likeness (QED) is 0.775. The minimum absolute atomic E-state index is 0.0283. The number of rotatable bonds is 7. The minimum Gasteiger partial charge on any atom is -0.354 e. The first-order chi connectivity index (χ1) is 12.9. The van der Waals surface area contributed by atoms with E-state index in [1.165, 1.54) is 0 Å². The van der Waals surface area contributed by atoms with Crippen LogP contribution in [0.25, 0.3) is 0 Å². The number of carbonyl (C=O) groups excluding carboxylic acids is 2. The molecule has 0 spiro atoms. The summed E-state index contributed by atoms with van der Waals surface area (Å²) < 4.78 is 0. The van der Waals surface area contributed by atoms with Crippen LogP contribution in [0.5, 0.6) is 0 Å². The fraction of sp³-hybridized carbons (Fsp3) is 0.636. The normalized spacial score (nSPS) is 19.5. The molecule has 5 nitrogen and oxygen atoms in total. The molecule has 1 aromatic carbocycles. The number of benzene rings is 1. The van der Waals surface area contributed by atoms with E-state index < -0.39 is 0 Å². The average molecular weight is 372 g/mol. The smallest absolute Gasteiger partial charge is 0.251 e. The maximum absolute atomic E-state index is 12.4. The molecule has 1 heterocycles. The molecule has 5 heteroatoms. The van der Waals surface area contributed by atoms with E-state index in [1.807, 2.05) is 32.9 Å². The molecule has 1 saturated carbocycles. The average Bonchev–Trinajstić information content (AvgIpc) is 3.39. The van der Waals surface area contributed by atoms with Crippen LogP contribution in [0.15, 0.2) is 18.2 Å². The van der Waals surface area contributed by atoms with Gasteiger partial charge >= 0.3 is 0 Å². The second-order valence-corrected chi connectivity index (χ2v) is 8.69. The molecule has 0 aromatic heterocycles. The highest BCUT2D eigenvalue weighted by Gasteiger charge is 2.44. The van der Waals surface area contributed by atoms with Crippen molar-refractivity contribution in [1.82, 2.24) is 15.5 Å². The van der Waals surface area contributed by atoms with E-state index in [2.05, 4.69) is 21.6 Å². The molecular weight excluding hydrogens is 338 g/mol. The third-order valence-corrected chi connectivity index (χ3v) is 6.00. The van der Waals surface area contributed by atoms with Crippen molar-refractivity contribution in [1.29, 1.82) is 0 Å². The van der Waals surface area contributed by atoms with Crippen LogP contribution >= 0.6 is 0 Å². The first kappa shape index (κ1) is 19.9. The Kier molecular flexibility index (Phi) is 6.20. The maximum atomic E-state index is 12.4. The molecule has 0 atom stereocenters. The predicted octanol–water partition coefficient (Wildman–Crippen LogP) is 2.66. The molecule has 1 aliphatic heterocycles. The number of aryl methyl sites for hydroxylation is 2. The standard InChI is InChI=1S/C22H33N3O2/c1-16-12-17(2)14-19(13-16)20(26)24-15-18-4-9-25(10-5-18)11-8-23-21(27)22(3)6-7-22/h12-14,18H,4-11,15H2,1-3H3,(H,23,27)(H,24,26). The molecule has 27 heavy (non-hydrogen) atoms. The predicted molar refractivity (Wildman–Crippen MR) is 108 cm³/mol. The monoisotopic (exact) mass is 371 g/mol. The van der Waals surface area contributed by atoms with Gasteiger partial charge in [-0.2, -0.15) is 0 Å². The second kappa shape index (κ2) is 8.42. The van der Waals surface area contributed by atoms with E-state index >= 15 is 0 Å². The Balaban J connectivity index is 1.33. The number of hydrogen-bond acceptors (Lipinski definition) is 3. The van der Waals surface area contributed by atoms with Crippen molar-refractivity contribution in [3.8, 4) is 0 Å². The SMILES string of the molecule is Cc1cc(C)cc(C(=O)NCC2CCN(CCNC(=O)C3(C)CC3)CC2)c1. The summed E-state index contributed by atoms with van der Waals surface area (Å²) in [5.74, 6) is 0.781. The first-order valence-corrected chi connectivity index (χ1v) is 10.2. The van der Waals surface area contributed by atoms with Crippen LogP contribution in [0.2, 0.25) is 0 Å². The zero-order chi connectivity index (χ0) is 19.4. The van der Waals surface area contributed by atoms with Crippen molar-refractivity contribution in [2.24, 2.45) is 11.3 Å². The topological polar surface area (TPSA) is 61.4 Å². The van der Waals surface area contributed by atoms with Crippen molar-refractivity contribution >= 4 is 11.8 Å². The summed E-state index contributed by atoms with van der Waals surface area (Å²) >= 11 is 0.